The number of amides is 1. The molecular formula is C15H14BrN3O6S2. The van der Waals surface area contributed by atoms with E-state index in [1.807, 2.05) is 0 Å². The second-order valence-electron chi connectivity index (χ2n) is 5.49. The molecule has 0 aliphatic carbocycles. The van der Waals surface area contributed by atoms with Crippen LogP contribution in [0.4, 0.5) is 11.4 Å². The van der Waals surface area contributed by atoms with Crippen molar-refractivity contribution in [3.8, 4) is 0 Å². The second-order valence-corrected chi connectivity index (χ2v) is 9.77. The Bertz CT molecular complexity index is 985. The number of thiophene rings is 1. The van der Waals surface area contributed by atoms with E-state index in [9.17, 15) is 23.3 Å². The molecule has 0 spiro atoms. The molecule has 1 aliphatic rings. The van der Waals surface area contributed by atoms with Gasteiger partial charge in [0.2, 0.25) is 10.0 Å². The number of ether oxygens (including phenoxy) is 1. The van der Waals surface area contributed by atoms with Gasteiger partial charge in [-0.05, 0) is 28.1 Å². The van der Waals surface area contributed by atoms with Gasteiger partial charge < -0.3 is 10.1 Å². The molecule has 1 N–H and O–H groups in total. The van der Waals surface area contributed by atoms with Crippen molar-refractivity contribution in [3.05, 3.63) is 49.1 Å². The highest BCUT2D eigenvalue weighted by Crippen LogP contribution is 2.34. The lowest BCUT2D eigenvalue weighted by molar-refractivity contribution is -0.383. The van der Waals surface area contributed by atoms with Gasteiger partial charge in [-0.1, -0.05) is 12.1 Å². The molecule has 2 heterocycles. The number of halogens is 1. The molecule has 1 aromatic carbocycles. The Hall–Kier alpha value is -1.86. The molecule has 1 aromatic heterocycles. The van der Waals surface area contributed by atoms with Crippen LogP contribution in [0.25, 0.3) is 0 Å². The van der Waals surface area contributed by atoms with Crippen molar-refractivity contribution >= 4 is 54.6 Å². The highest BCUT2D eigenvalue weighted by atomic mass is 79.9. The number of benzene rings is 1. The van der Waals surface area contributed by atoms with E-state index >= 15 is 0 Å². The first-order chi connectivity index (χ1) is 12.8. The lowest BCUT2D eigenvalue weighted by atomic mass is 10.2. The zero-order valence-electron chi connectivity index (χ0n) is 13.8. The summed E-state index contributed by atoms with van der Waals surface area (Å²) in [6.07, 6.45) is 0. The number of hydrogen-bond donors (Lipinski definition) is 1. The van der Waals surface area contributed by atoms with Gasteiger partial charge in [0.1, 0.15) is 10.6 Å². The summed E-state index contributed by atoms with van der Waals surface area (Å²) in [5.41, 5.74) is -0.211. The van der Waals surface area contributed by atoms with Crippen molar-refractivity contribution in [1.82, 2.24) is 4.31 Å². The standard InChI is InChI=1S/C15H14BrN3O6S2/c16-14-13(27(23,24)18-5-7-25-8-6-18)9-12(26-14)15(20)17-10-3-1-2-4-11(10)19(21)22/h1-4,9H,5-8H2,(H,17,20). The third-order valence-corrected chi connectivity index (χ3v) is 7.97. The van der Waals surface area contributed by atoms with E-state index in [0.717, 1.165) is 11.3 Å². The lowest BCUT2D eigenvalue weighted by Gasteiger charge is -2.25. The van der Waals surface area contributed by atoms with Gasteiger partial charge in [-0.2, -0.15) is 4.31 Å². The topological polar surface area (TPSA) is 119 Å². The first-order valence-electron chi connectivity index (χ1n) is 7.72. The van der Waals surface area contributed by atoms with E-state index in [-0.39, 0.29) is 34.2 Å². The Kier molecular flexibility index (Phi) is 5.91. The summed E-state index contributed by atoms with van der Waals surface area (Å²) in [4.78, 5) is 23.0. The van der Waals surface area contributed by atoms with Crippen LogP contribution in [0.3, 0.4) is 0 Å². The number of nitro benzene ring substituents is 1. The third kappa shape index (κ3) is 4.19. The molecule has 27 heavy (non-hydrogen) atoms. The summed E-state index contributed by atoms with van der Waals surface area (Å²) in [5.74, 6) is -0.626. The predicted octanol–water partition coefficient (Wildman–Crippen LogP) is 2.69. The molecule has 144 valence electrons. The molecule has 0 bridgehead atoms. The monoisotopic (exact) mass is 475 g/mol. The Morgan fingerprint density at radius 2 is 1.96 bits per heavy atom. The molecule has 9 nitrogen and oxygen atoms in total. The minimum Gasteiger partial charge on any atom is -0.379 e. The fraction of sp³-hybridized carbons (Fsp3) is 0.267. The van der Waals surface area contributed by atoms with E-state index in [2.05, 4.69) is 21.2 Å². The molecular weight excluding hydrogens is 462 g/mol. The number of nitro groups is 1. The molecule has 3 rings (SSSR count). The SMILES string of the molecule is O=C(Nc1ccccc1[N+](=O)[O-])c1cc(S(=O)(=O)N2CCOCC2)c(Br)s1. The number of anilines is 1. The smallest absolute Gasteiger partial charge is 0.292 e. The summed E-state index contributed by atoms with van der Waals surface area (Å²) in [7, 11) is -3.77. The van der Waals surface area contributed by atoms with Crippen LogP contribution >= 0.6 is 27.3 Å². The number of sulfonamides is 1. The van der Waals surface area contributed by atoms with Gasteiger partial charge >= 0.3 is 0 Å². The summed E-state index contributed by atoms with van der Waals surface area (Å²) in [6, 6.07) is 6.99. The van der Waals surface area contributed by atoms with Crippen LogP contribution in [-0.2, 0) is 14.8 Å². The van der Waals surface area contributed by atoms with E-state index in [4.69, 9.17) is 4.74 Å². The molecule has 0 saturated carbocycles. The summed E-state index contributed by atoms with van der Waals surface area (Å²) in [5, 5.41) is 13.5. The molecule has 0 unspecified atom stereocenters. The van der Waals surface area contributed by atoms with Gasteiger partial charge in [-0.25, -0.2) is 8.42 Å². The van der Waals surface area contributed by atoms with Crippen LogP contribution in [0.1, 0.15) is 9.67 Å². The molecule has 2 aromatic rings. The number of rotatable bonds is 5. The average molecular weight is 476 g/mol. The largest absolute Gasteiger partial charge is 0.379 e. The third-order valence-electron chi connectivity index (χ3n) is 3.82. The summed E-state index contributed by atoms with van der Waals surface area (Å²) in [6.45, 7) is 1.10. The lowest BCUT2D eigenvalue weighted by Crippen LogP contribution is -2.40. The number of morpholine rings is 1. The van der Waals surface area contributed by atoms with Crippen LogP contribution in [-0.4, -0.2) is 49.9 Å². The minimum atomic E-state index is -3.77. The molecule has 1 fully saturated rings. The van der Waals surface area contributed by atoms with Crippen LogP contribution in [0.5, 0.6) is 0 Å². The van der Waals surface area contributed by atoms with Crippen LogP contribution in [0.2, 0.25) is 0 Å². The minimum absolute atomic E-state index is 0.0119. The first-order valence-corrected chi connectivity index (χ1v) is 10.8. The van der Waals surface area contributed by atoms with Crippen LogP contribution in [0, 0.1) is 10.1 Å². The number of nitrogens with zero attached hydrogens (tertiary/aromatic N) is 2. The average Bonchev–Trinajstić information content (AvgIpc) is 3.05. The van der Waals surface area contributed by atoms with Gasteiger partial charge in [0.25, 0.3) is 11.6 Å². The molecule has 12 heteroatoms. The normalized spacial score (nSPS) is 15.4. The van der Waals surface area contributed by atoms with Gasteiger partial charge in [-0.15, -0.1) is 11.3 Å². The van der Waals surface area contributed by atoms with Gasteiger partial charge in [0.15, 0.2) is 0 Å². The molecule has 0 atom stereocenters. The summed E-state index contributed by atoms with van der Waals surface area (Å²) < 4.78 is 32.3. The van der Waals surface area contributed by atoms with Crippen LogP contribution in [0.15, 0.2) is 39.0 Å². The number of hydrogen-bond acceptors (Lipinski definition) is 7. The van der Waals surface area contributed by atoms with Crippen molar-refractivity contribution in [2.24, 2.45) is 0 Å². The van der Waals surface area contributed by atoms with Gasteiger partial charge in [0, 0.05) is 19.2 Å². The quantitative estimate of drug-likeness (QED) is 0.524. The molecule has 1 amide bonds. The Morgan fingerprint density at radius 3 is 2.63 bits per heavy atom. The van der Waals surface area contributed by atoms with Crippen molar-refractivity contribution in [2.75, 3.05) is 31.6 Å². The van der Waals surface area contributed by atoms with E-state index < -0.39 is 20.9 Å². The molecule has 1 saturated heterocycles. The maximum Gasteiger partial charge on any atom is 0.292 e. The van der Waals surface area contributed by atoms with E-state index in [1.54, 1.807) is 6.07 Å². The van der Waals surface area contributed by atoms with Crippen LogP contribution < -0.4 is 5.32 Å². The molecule has 0 radical (unpaired) electrons. The Morgan fingerprint density at radius 1 is 1.30 bits per heavy atom. The zero-order chi connectivity index (χ0) is 19.6. The number of para-hydroxylation sites is 2. The molecule has 1 aliphatic heterocycles. The van der Waals surface area contributed by atoms with Crippen molar-refractivity contribution < 1.29 is 22.9 Å². The highest BCUT2D eigenvalue weighted by Gasteiger charge is 2.31. The van der Waals surface area contributed by atoms with Gasteiger partial charge in [0.05, 0.1) is 26.8 Å². The number of nitrogens with one attached hydrogen (secondary N) is 1. The predicted molar refractivity (Wildman–Crippen MR) is 103 cm³/mol. The maximum absolute atomic E-state index is 12.8. The maximum atomic E-state index is 12.8. The zero-order valence-corrected chi connectivity index (χ0v) is 17.0. The Balaban J connectivity index is 1.86. The van der Waals surface area contributed by atoms with Crippen molar-refractivity contribution in [3.63, 3.8) is 0 Å². The van der Waals surface area contributed by atoms with Gasteiger partial charge in [-0.3, -0.25) is 14.9 Å². The number of carbonyl (C=O) groups excluding carboxylic acids is 1. The van der Waals surface area contributed by atoms with Crippen molar-refractivity contribution in [1.29, 1.82) is 0 Å². The highest BCUT2D eigenvalue weighted by molar-refractivity contribution is 9.11. The summed E-state index contributed by atoms with van der Waals surface area (Å²) >= 11 is 4.15. The fourth-order valence-electron chi connectivity index (χ4n) is 2.49. The number of carbonyl (C=O) groups is 1. The van der Waals surface area contributed by atoms with E-state index in [0.29, 0.717) is 17.0 Å². The fourth-order valence-corrected chi connectivity index (χ4v) is 6.31. The second kappa shape index (κ2) is 8.02. The first kappa shape index (κ1) is 19.9. The van der Waals surface area contributed by atoms with E-state index in [1.165, 1.54) is 28.6 Å². The van der Waals surface area contributed by atoms with Crippen molar-refractivity contribution in [2.45, 2.75) is 4.90 Å². The Labute approximate surface area is 167 Å².